The van der Waals surface area contributed by atoms with Gasteiger partial charge in [-0.25, -0.2) is 4.98 Å². The predicted octanol–water partition coefficient (Wildman–Crippen LogP) is 4.43. The fourth-order valence-corrected chi connectivity index (χ4v) is 2.50. The summed E-state index contributed by atoms with van der Waals surface area (Å²) in [7, 11) is 0. The Hall–Kier alpha value is -2.59. The molecule has 1 aromatic heterocycles. The first-order chi connectivity index (χ1) is 10.6. The molecule has 5 heteroatoms. The maximum atomic E-state index is 6.23. The van der Waals surface area contributed by atoms with Crippen molar-refractivity contribution in [3.63, 3.8) is 0 Å². The Morgan fingerprint density at radius 1 is 0.955 bits per heavy atom. The molecule has 0 bridgehead atoms. The minimum atomic E-state index is 0.243. The van der Waals surface area contributed by atoms with E-state index in [1.807, 2.05) is 61.5 Å². The molecule has 0 saturated carbocycles. The maximum absolute atomic E-state index is 6.23. The molecule has 0 radical (unpaired) electrons. The highest BCUT2D eigenvalue weighted by Gasteiger charge is 2.05. The zero-order chi connectivity index (χ0) is 15.5. The third kappa shape index (κ3) is 3.35. The number of aryl methyl sites for hydroxylation is 1. The van der Waals surface area contributed by atoms with Gasteiger partial charge in [0.1, 0.15) is 5.82 Å². The van der Waals surface area contributed by atoms with Crippen molar-refractivity contribution in [1.82, 2.24) is 9.97 Å². The third-order valence-electron chi connectivity index (χ3n) is 3.15. The number of aromatic nitrogens is 2. The monoisotopic (exact) mass is 310 g/mol. The van der Waals surface area contributed by atoms with Crippen molar-refractivity contribution in [2.75, 3.05) is 11.1 Å². The third-order valence-corrected chi connectivity index (χ3v) is 3.37. The summed E-state index contributed by atoms with van der Waals surface area (Å²) >= 11 is 6.23. The van der Waals surface area contributed by atoms with Crippen LogP contribution in [0.25, 0.3) is 11.1 Å². The number of nitrogen functional groups attached to an aromatic ring is 1. The number of nitrogens with two attached hydrogens (primary N) is 1. The van der Waals surface area contributed by atoms with E-state index in [1.54, 1.807) is 0 Å². The quantitative estimate of drug-likeness (QED) is 0.751. The molecule has 0 aliphatic heterocycles. The minimum absolute atomic E-state index is 0.243. The molecule has 0 saturated heterocycles. The molecular weight excluding hydrogens is 296 g/mol. The lowest BCUT2D eigenvalue weighted by Gasteiger charge is -2.10. The van der Waals surface area contributed by atoms with E-state index in [0.717, 1.165) is 22.5 Å². The summed E-state index contributed by atoms with van der Waals surface area (Å²) in [6.45, 7) is 1.87. The van der Waals surface area contributed by atoms with Crippen LogP contribution in [-0.4, -0.2) is 9.97 Å². The van der Waals surface area contributed by atoms with Gasteiger partial charge >= 0.3 is 0 Å². The molecule has 22 heavy (non-hydrogen) atoms. The highest BCUT2D eigenvalue weighted by molar-refractivity contribution is 6.31. The lowest BCUT2D eigenvalue weighted by atomic mass is 10.1. The van der Waals surface area contributed by atoms with Crippen molar-refractivity contribution < 1.29 is 0 Å². The van der Waals surface area contributed by atoms with Crippen LogP contribution in [0.15, 0.2) is 54.6 Å². The first-order valence-corrected chi connectivity index (χ1v) is 7.22. The predicted molar refractivity (Wildman–Crippen MR) is 91.4 cm³/mol. The van der Waals surface area contributed by atoms with Crippen LogP contribution in [0.3, 0.4) is 0 Å². The van der Waals surface area contributed by atoms with Gasteiger partial charge in [-0.15, -0.1) is 0 Å². The summed E-state index contributed by atoms with van der Waals surface area (Å²) in [6, 6.07) is 17.7. The van der Waals surface area contributed by atoms with E-state index in [9.17, 15) is 0 Å². The Labute approximate surface area is 134 Å². The second-order valence-electron chi connectivity index (χ2n) is 4.97. The van der Waals surface area contributed by atoms with Gasteiger partial charge in [-0.2, -0.15) is 4.98 Å². The molecular formula is C17H15ClN4. The first-order valence-electron chi connectivity index (χ1n) is 6.84. The van der Waals surface area contributed by atoms with Gasteiger partial charge in [-0.1, -0.05) is 41.9 Å². The Kier molecular flexibility index (Phi) is 3.94. The van der Waals surface area contributed by atoms with E-state index < -0.39 is 0 Å². The van der Waals surface area contributed by atoms with Crippen molar-refractivity contribution in [1.29, 1.82) is 0 Å². The number of hydrogen-bond donors (Lipinski definition) is 2. The summed E-state index contributed by atoms with van der Waals surface area (Å²) < 4.78 is 0. The average Bonchev–Trinajstić information content (AvgIpc) is 2.46. The van der Waals surface area contributed by atoms with E-state index >= 15 is 0 Å². The Balaban J connectivity index is 1.96. The fourth-order valence-electron chi connectivity index (χ4n) is 2.26. The maximum Gasteiger partial charge on any atom is 0.222 e. The molecule has 0 aliphatic rings. The van der Waals surface area contributed by atoms with Crippen LogP contribution in [-0.2, 0) is 0 Å². The van der Waals surface area contributed by atoms with E-state index in [-0.39, 0.29) is 5.95 Å². The lowest BCUT2D eigenvalue weighted by molar-refractivity contribution is 1.12. The van der Waals surface area contributed by atoms with Crippen molar-refractivity contribution in [2.24, 2.45) is 0 Å². The van der Waals surface area contributed by atoms with Crippen molar-refractivity contribution in [3.8, 4) is 11.1 Å². The molecule has 0 amide bonds. The molecule has 0 spiro atoms. The molecule has 3 rings (SSSR count). The van der Waals surface area contributed by atoms with Gasteiger partial charge in [0.15, 0.2) is 0 Å². The zero-order valence-corrected chi connectivity index (χ0v) is 12.8. The van der Waals surface area contributed by atoms with Crippen molar-refractivity contribution in [2.45, 2.75) is 6.92 Å². The minimum Gasteiger partial charge on any atom is -0.368 e. The van der Waals surface area contributed by atoms with Gasteiger partial charge in [-0.3, -0.25) is 0 Å². The molecule has 0 aliphatic carbocycles. The van der Waals surface area contributed by atoms with Gasteiger partial charge < -0.3 is 11.1 Å². The van der Waals surface area contributed by atoms with Crippen molar-refractivity contribution >= 4 is 29.1 Å². The SMILES string of the molecule is Cc1cc(Nc2cc(Cl)cc(-c3ccccc3)c2)nc(N)n1. The van der Waals surface area contributed by atoms with Gasteiger partial charge in [0, 0.05) is 22.5 Å². The Bertz CT molecular complexity index is 783. The largest absolute Gasteiger partial charge is 0.368 e. The zero-order valence-electron chi connectivity index (χ0n) is 12.0. The summed E-state index contributed by atoms with van der Waals surface area (Å²) in [6.07, 6.45) is 0. The first kappa shape index (κ1) is 14.4. The molecule has 3 aromatic rings. The second kappa shape index (κ2) is 6.03. The molecule has 2 aromatic carbocycles. The topological polar surface area (TPSA) is 63.8 Å². The average molecular weight is 311 g/mol. The van der Waals surface area contributed by atoms with Gasteiger partial charge in [0.2, 0.25) is 5.95 Å². The van der Waals surface area contributed by atoms with E-state index in [4.69, 9.17) is 17.3 Å². The molecule has 1 heterocycles. The molecule has 0 atom stereocenters. The second-order valence-corrected chi connectivity index (χ2v) is 5.41. The molecule has 110 valence electrons. The van der Waals surface area contributed by atoms with Crippen LogP contribution in [0.4, 0.5) is 17.5 Å². The van der Waals surface area contributed by atoms with Crippen LogP contribution in [0.1, 0.15) is 5.69 Å². The highest BCUT2D eigenvalue weighted by Crippen LogP contribution is 2.28. The number of hydrogen-bond acceptors (Lipinski definition) is 4. The molecule has 3 N–H and O–H groups in total. The van der Waals surface area contributed by atoms with E-state index in [2.05, 4.69) is 15.3 Å². The summed E-state index contributed by atoms with van der Waals surface area (Å²) in [5.74, 6) is 0.888. The van der Waals surface area contributed by atoms with Crippen molar-refractivity contribution in [3.05, 3.63) is 65.3 Å². The van der Waals surface area contributed by atoms with Gasteiger partial charge in [0.05, 0.1) is 0 Å². The van der Waals surface area contributed by atoms with Crippen LogP contribution in [0, 0.1) is 6.92 Å². The number of rotatable bonds is 3. The Morgan fingerprint density at radius 2 is 1.73 bits per heavy atom. The van der Waals surface area contributed by atoms with E-state index in [0.29, 0.717) is 10.8 Å². The number of anilines is 3. The molecule has 0 fully saturated rings. The number of nitrogens with one attached hydrogen (secondary N) is 1. The molecule has 0 unspecified atom stereocenters. The smallest absolute Gasteiger partial charge is 0.222 e. The van der Waals surface area contributed by atoms with Crippen LogP contribution in [0.5, 0.6) is 0 Å². The number of halogens is 1. The van der Waals surface area contributed by atoms with Gasteiger partial charge in [0.25, 0.3) is 0 Å². The van der Waals surface area contributed by atoms with Crippen LogP contribution in [0.2, 0.25) is 5.02 Å². The summed E-state index contributed by atoms with van der Waals surface area (Å²) in [5.41, 5.74) is 9.47. The summed E-state index contributed by atoms with van der Waals surface area (Å²) in [4.78, 5) is 8.23. The normalized spacial score (nSPS) is 10.5. The number of benzene rings is 2. The standard InChI is InChI=1S/C17H15ClN4/c1-11-7-16(22-17(19)20-11)21-15-9-13(8-14(18)10-15)12-5-3-2-4-6-12/h2-10H,1H3,(H3,19,20,21,22). The Morgan fingerprint density at radius 3 is 2.45 bits per heavy atom. The van der Waals surface area contributed by atoms with Crippen LogP contribution >= 0.6 is 11.6 Å². The van der Waals surface area contributed by atoms with Crippen LogP contribution < -0.4 is 11.1 Å². The fraction of sp³-hybridized carbons (Fsp3) is 0.0588. The highest BCUT2D eigenvalue weighted by atomic mass is 35.5. The summed E-state index contributed by atoms with van der Waals surface area (Å²) in [5, 5.41) is 3.88. The number of nitrogens with zero attached hydrogens (tertiary/aromatic N) is 2. The van der Waals surface area contributed by atoms with Gasteiger partial charge in [-0.05, 0) is 36.2 Å². The molecule has 4 nitrogen and oxygen atoms in total. The van der Waals surface area contributed by atoms with E-state index in [1.165, 1.54) is 0 Å². The lowest BCUT2D eigenvalue weighted by Crippen LogP contribution is -2.01.